The first kappa shape index (κ1) is 17.9. The minimum Gasteiger partial charge on any atom is -0.496 e. The first-order valence-corrected chi connectivity index (χ1v) is 8.82. The summed E-state index contributed by atoms with van der Waals surface area (Å²) in [5.41, 5.74) is 2.65. The fourth-order valence-electron chi connectivity index (χ4n) is 3.62. The molecule has 7 nitrogen and oxygen atoms in total. The first-order valence-electron chi connectivity index (χ1n) is 8.45. The molecule has 142 valence electrons. The average Bonchev–Trinajstić information content (AvgIpc) is 2.95. The Morgan fingerprint density at radius 2 is 1.96 bits per heavy atom. The van der Waals surface area contributed by atoms with E-state index in [1.807, 2.05) is 11.0 Å². The third kappa shape index (κ3) is 3.07. The van der Waals surface area contributed by atoms with Gasteiger partial charge in [0.15, 0.2) is 5.58 Å². The van der Waals surface area contributed by atoms with E-state index >= 15 is 0 Å². The number of benzene rings is 2. The Bertz CT molecular complexity index is 1060. The van der Waals surface area contributed by atoms with Gasteiger partial charge in [-0.25, -0.2) is 4.79 Å². The highest BCUT2D eigenvalue weighted by molar-refractivity contribution is 6.31. The lowest BCUT2D eigenvalue weighted by Crippen LogP contribution is -2.37. The summed E-state index contributed by atoms with van der Waals surface area (Å²) in [5, 5.41) is 11.2. The summed E-state index contributed by atoms with van der Waals surface area (Å²) in [6.45, 7) is 1.09. The number of oxazole rings is 1. The van der Waals surface area contributed by atoms with E-state index in [1.54, 1.807) is 38.5 Å². The summed E-state index contributed by atoms with van der Waals surface area (Å²) in [5.74, 6) is 0.822. The van der Waals surface area contributed by atoms with Gasteiger partial charge in [-0.1, -0.05) is 11.6 Å². The molecule has 1 atom stereocenters. The molecule has 0 aliphatic carbocycles. The van der Waals surface area contributed by atoms with Gasteiger partial charge in [0.2, 0.25) is 0 Å². The van der Waals surface area contributed by atoms with E-state index in [9.17, 15) is 9.90 Å². The smallest absolute Gasteiger partial charge is 0.421 e. The van der Waals surface area contributed by atoms with Crippen LogP contribution in [0.4, 0.5) is 0 Å². The second-order valence-corrected chi connectivity index (χ2v) is 6.88. The molecule has 0 unspecified atom stereocenters. The van der Waals surface area contributed by atoms with Crippen molar-refractivity contribution in [1.29, 1.82) is 0 Å². The van der Waals surface area contributed by atoms with Crippen molar-refractivity contribution >= 4 is 22.7 Å². The van der Waals surface area contributed by atoms with Crippen LogP contribution in [-0.4, -0.2) is 35.3 Å². The number of rotatable bonds is 4. The van der Waals surface area contributed by atoms with Gasteiger partial charge in [0.25, 0.3) is 0 Å². The number of ether oxygens (including phenoxy) is 2. The molecule has 0 spiro atoms. The van der Waals surface area contributed by atoms with Crippen LogP contribution >= 0.6 is 11.6 Å². The number of aliphatic hydroxyl groups excluding tert-OH is 1. The lowest BCUT2D eigenvalue weighted by molar-refractivity contribution is 0.0697. The Balaban J connectivity index is 1.72. The van der Waals surface area contributed by atoms with Crippen LogP contribution < -0.4 is 15.2 Å². The zero-order chi connectivity index (χ0) is 19.1. The average molecular weight is 391 g/mol. The van der Waals surface area contributed by atoms with Crippen molar-refractivity contribution in [1.82, 2.24) is 9.47 Å². The fourth-order valence-corrected chi connectivity index (χ4v) is 3.79. The number of nitrogens with zero attached hydrogens (tertiary/aromatic N) is 2. The summed E-state index contributed by atoms with van der Waals surface area (Å²) in [7, 11) is 3.16. The number of β-amino-alcohol motifs (C(OH)–C–C–N with tert-alkyl or cyclic N) is 1. The fraction of sp³-hybridized carbons (Fsp3) is 0.316. The number of methoxy groups -OCH3 is 2. The zero-order valence-electron chi connectivity index (χ0n) is 14.9. The number of fused-ring (bicyclic) bond motifs is 2. The quantitative estimate of drug-likeness (QED) is 0.738. The summed E-state index contributed by atoms with van der Waals surface area (Å²) < 4.78 is 17.6. The van der Waals surface area contributed by atoms with E-state index in [0.29, 0.717) is 40.7 Å². The van der Waals surface area contributed by atoms with Gasteiger partial charge in [-0.15, -0.1) is 0 Å². The molecular formula is C19H19ClN2O5. The molecule has 1 N–H and O–H groups in total. The van der Waals surface area contributed by atoms with Gasteiger partial charge in [-0.05, 0) is 30.3 Å². The van der Waals surface area contributed by atoms with Crippen LogP contribution in [0, 0.1) is 0 Å². The lowest BCUT2D eigenvalue weighted by atomic mass is 9.95. The van der Waals surface area contributed by atoms with Crippen molar-refractivity contribution in [3.63, 3.8) is 0 Å². The summed E-state index contributed by atoms with van der Waals surface area (Å²) in [6.07, 6.45) is -0.767. The molecule has 1 aromatic heterocycles. The van der Waals surface area contributed by atoms with Crippen LogP contribution in [0.25, 0.3) is 11.1 Å². The van der Waals surface area contributed by atoms with Crippen molar-refractivity contribution < 1.29 is 19.0 Å². The monoisotopic (exact) mass is 390 g/mol. The van der Waals surface area contributed by atoms with Crippen LogP contribution in [0.15, 0.2) is 39.5 Å². The molecule has 0 saturated carbocycles. The number of aromatic nitrogens is 1. The minimum atomic E-state index is -0.767. The number of aliphatic hydroxyl groups is 1. The molecule has 1 aliphatic heterocycles. The van der Waals surface area contributed by atoms with Gasteiger partial charge in [0.05, 0.1) is 32.5 Å². The van der Waals surface area contributed by atoms with E-state index in [0.717, 1.165) is 11.1 Å². The van der Waals surface area contributed by atoms with E-state index in [4.69, 9.17) is 25.5 Å². The Labute approximate surface area is 160 Å². The van der Waals surface area contributed by atoms with Crippen molar-refractivity contribution in [2.45, 2.75) is 19.3 Å². The summed E-state index contributed by atoms with van der Waals surface area (Å²) in [4.78, 5) is 14.2. The van der Waals surface area contributed by atoms with Crippen molar-refractivity contribution in [2.75, 3.05) is 20.8 Å². The molecule has 3 aromatic rings. The third-order valence-electron chi connectivity index (χ3n) is 4.83. The van der Waals surface area contributed by atoms with E-state index in [2.05, 4.69) is 0 Å². The van der Waals surface area contributed by atoms with Crippen molar-refractivity contribution in [3.8, 4) is 11.5 Å². The van der Waals surface area contributed by atoms with E-state index < -0.39 is 11.9 Å². The first-order chi connectivity index (χ1) is 13.0. The molecule has 1 aliphatic rings. The number of hydrogen-bond donors (Lipinski definition) is 1. The number of hydrogen-bond acceptors (Lipinski definition) is 6. The molecule has 0 radical (unpaired) electrons. The maximum Gasteiger partial charge on any atom is 0.421 e. The predicted octanol–water partition coefficient (Wildman–Crippen LogP) is 2.77. The summed E-state index contributed by atoms with van der Waals surface area (Å²) >= 11 is 6.06. The maximum absolute atomic E-state index is 12.3. The number of halogens is 1. The van der Waals surface area contributed by atoms with Crippen LogP contribution in [-0.2, 0) is 13.2 Å². The second kappa shape index (κ2) is 6.92. The maximum atomic E-state index is 12.3. The Hall–Kier alpha value is -2.48. The van der Waals surface area contributed by atoms with Gasteiger partial charge < -0.3 is 19.0 Å². The van der Waals surface area contributed by atoms with Gasteiger partial charge in [-0.2, -0.15) is 0 Å². The predicted molar refractivity (Wildman–Crippen MR) is 100 cm³/mol. The van der Waals surface area contributed by atoms with E-state index in [-0.39, 0.29) is 6.67 Å². The molecule has 2 aromatic carbocycles. The van der Waals surface area contributed by atoms with Crippen molar-refractivity contribution in [3.05, 3.63) is 57.0 Å². The molecule has 0 fully saturated rings. The van der Waals surface area contributed by atoms with Gasteiger partial charge >= 0.3 is 5.76 Å². The Morgan fingerprint density at radius 3 is 2.70 bits per heavy atom. The highest BCUT2D eigenvalue weighted by Gasteiger charge is 2.30. The van der Waals surface area contributed by atoms with Gasteiger partial charge in [0, 0.05) is 29.2 Å². The second-order valence-electron chi connectivity index (χ2n) is 6.44. The topological polar surface area (TPSA) is 77.1 Å². The third-order valence-corrected chi connectivity index (χ3v) is 5.07. The van der Waals surface area contributed by atoms with Crippen LogP contribution in [0.5, 0.6) is 11.5 Å². The largest absolute Gasteiger partial charge is 0.496 e. The Kier molecular flexibility index (Phi) is 4.59. The minimum absolute atomic E-state index is 0.253. The highest BCUT2D eigenvalue weighted by atomic mass is 35.5. The van der Waals surface area contributed by atoms with Crippen LogP contribution in [0.3, 0.4) is 0 Å². The van der Waals surface area contributed by atoms with Crippen LogP contribution in [0.2, 0.25) is 5.02 Å². The lowest BCUT2D eigenvalue weighted by Gasteiger charge is -2.33. The van der Waals surface area contributed by atoms with Gasteiger partial charge in [0.1, 0.15) is 11.5 Å². The molecule has 4 rings (SSSR count). The highest BCUT2D eigenvalue weighted by Crippen LogP contribution is 2.39. The zero-order valence-corrected chi connectivity index (χ0v) is 15.7. The molecule has 8 heteroatoms. The van der Waals surface area contributed by atoms with E-state index in [1.165, 1.54) is 4.57 Å². The molecular weight excluding hydrogens is 372 g/mol. The molecule has 2 heterocycles. The molecule has 0 bridgehead atoms. The van der Waals surface area contributed by atoms with Crippen molar-refractivity contribution in [2.24, 2.45) is 0 Å². The van der Waals surface area contributed by atoms with Gasteiger partial charge in [-0.3, -0.25) is 9.47 Å². The standard InChI is InChI=1S/C19H19ClN2O5/c1-25-15-5-6-17(26-2)18-12(15)8-21(9-14(18)23)10-22-13-7-11(20)3-4-16(13)27-19(22)24/h3-7,14,23H,8-10H2,1-2H3/t14-/m1/s1. The summed E-state index contributed by atoms with van der Waals surface area (Å²) in [6, 6.07) is 8.64. The normalized spacial score (nSPS) is 17.1. The molecule has 0 amide bonds. The SMILES string of the molecule is COc1ccc(OC)c2c1CN(Cn1c(=O)oc3ccc(Cl)cc31)C[C@H]2O. The van der Waals surface area contributed by atoms with Crippen LogP contribution in [0.1, 0.15) is 17.2 Å². The molecule has 0 saturated heterocycles. The Morgan fingerprint density at radius 1 is 1.22 bits per heavy atom. The molecule has 27 heavy (non-hydrogen) atoms.